The first-order valence-corrected chi connectivity index (χ1v) is 6.26. The van der Waals surface area contributed by atoms with Gasteiger partial charge in [0.05, 0.1) is 17.6 Å². The van der Waals surface area contributed by atoms with Crippen molar-refractivity contribution >= 4 is 15.9 Å². The third-order valence-electron chi connectivity index (χ3n) is 2.88. The molecule has 0 spiro atoms. The molecule has 2 atom stereocenters. The molecule has 3 nitrogen and oxygen atoms in total. The maximum absolute atomic E-state index is 6.17. The van der Waals surface area contributed by atoms with Crippen LogP contribution in [0.5, 0.6) is 11.5 Å². The molecule has 0 radical (unpaired) electrons. The molecule has 0 saturated heterocycles. The minimum absolute atomic E-state index is 0.0543. The number of methoxy groups -OCH3 is 1. The molecular weight excluding hydrogens is 270 g/mol. The smallest absolute Gasteiger partial charge is 0.139 e. The highest BCUT2D eigenvalue weighted by atomic mass is 79.9. The van der Waals surface area contributed by atoms with Gasteiger partial charge in [0.1, 0.15) is 17.6 Å². The van der Waals surface area contributed by atoms with E-state index in [9.17, 15) is 0 Å². The van der Waals surface area contributed by atoms with Crippen molar-refractivity contribution in [1.82, 2.24) is 0 Å². The normalized spacial score (nSPS) is 22.8. The lowest BCUT2D eigenvalue weighted by Crippen LogP contribution is -2.24. The molecule has 4 heteroatoms. The third kappa shape index (κ3) is 1.92. The van der Waals surface area contributed by atoms with Gasteiger partial charge >= 0.3 is 0 Å². The number of hydrogen-bond donors (Lipinski definition) is 1. The van der Waals surface area contributed by atoms with Crippen LogP contribution in [0.1, 0.15) is 31.4 Å². The number of rotatable bonds is 3. The lowest BCUT2D eigenvalue weighted by molar-refractivity contribution is 0.194. The zero-order valence-electron chi connectivity index (χ0n) is 9.50. The molecule has 1 aromatic rings. The Kier molecular flexibility index (Phi) is 3.40. The van der Waals surface area contributed by atoms with Gasteiger partial charge in [0, 0.05) is 5.56 Å². The van der Waals surface area contributed by atoms with E-state index in [1.807, 2.05) is 12.1 Å². The van der Waals surface area contributed by atoms with Crippen molar-refractivity contribution in [1.29, 1.82) is 0 Å². The molecule has 2 rings (SSSR count). The first-order chi connectivity index (χ1) is 7.67. The van der Waals surface area contributed by atoms with E-state index in [4.69, 9.17) is 15.2 Å². The average Bonchev–Trinajstić information content (AvgIpc) is 2.58. The van der Waals surface area contributed by atoms with E-state index < -0.39 is 0 Å². The van der Waals surface area contributed by atoms with Crippen molar-refractivity contribution in [2.45, 2.75) is 31.9 Å². The van der Waals surface area contributed by atoms with Gasteiger partial charge in [0.25, 0.3) is 0 Å². The van der Waals surface area contributed by atoms with Crippen LogP contribution >= 0.6 is 15.9 Å². The van der Waals surface area contributed by atoms with Gasteiger partial charge in [0.15, 0.2) is 0 Å². The highest BCUT2D eigenvalue weighted by Gasteiger charge is 2.32. The molecule has 88 valence electrons. The standard InChI is InChI=1S/C12H16BrNO2/c1-3-4-10-11(14)8-5-7(15-2)6-9(13)12(8)16-10/h5-6,10-11H,3-4,14H2,1-2H3. The molecular formula is C12H16BrNO2. The van der Waals surface area contributed by atoms with E-state index in [-0.39, 0.29) is 12.1 Å². The zero-order valence-corrected chi connectivity index (χ0v) is 11.1. The van der Waals surface area contributed by atoms with Crippen LogP contribution in [0.3, 0.4) is 0 Å². The van der Waals surface area contributed by atoms with Gasteiger partial charge in [-0.05, 0) is 34.5 Å². The molecule has 1 heterocycles. The second-order valence-corrected chi connectivity index (χ2v) is 4.85. The van der Waals surface area contributed by atoms with Crippen molar-refractivity contribution in [3.63, 3.8) is 0 Å². The van der Waals surface area contributed by atoms with Crippen molar-refractivity contribution in [2.24, 2.45) is 5.73 Å². The monoisotopic (exact) mass is 285 g/mol. The molecule has 16 heavy (non-hydrogen) atoms. The van der Waals surface area contributed by atoms with E-state index in [1.54, 1.807) is 7.11 Å². The summed E-state index contributed by atoms with van der Waals surface area (Å²) in [5.41, 5.74) is 7.20. The van der Waals surface area contributed by atoms with E-state index in [1.165, 1.54) is 0 Å². The maximum Gasteiger partial charge on any atom is 0.139 e. The fraction of sp³-hybridized carbons (Fsp3) is 0.500. The van der Waals surface area contributed by atoms with Crippen molar-refractivity contribution in [2.75, 3.05) is 7.11 Å². The fourth-order valence-electron chi connectivity index (χ4n) is 2.03. The Labute approximate surface area is 104 Å². The molecule has 1 aromatic carbocycles. The summed E-state index contributed by atoms with van der Waals surface area (Å²) in [5.74, 6) is 1.67. The van der Waals surface area contributed by atoms with Gasteiger partial charge in [0.2, 0.25) is 0 Å². The highest BCUT2D eigenvalue weighted by Crippen LogP contribution is 2.44. The maximum atomic E-state index is 6.17. The Hall–Kier alpha value is -0.740. The second-order valence-electron chi connectivity index (χ2n) is 4.00. The summed E-state index contributed by atoms with van der Waals surface area (Å²) < 4.78 is 12.0. The Morgan fingerprint density at radius 1 is 1.50 bits per heavy atom. The number of nitrogens with two attached hydrogens (primary N) is 1. The largest absolute Gasteiger partial charge is 0.497 e. The third-order valence-corrected chi connectivity index (χ3v) is 3.47. The van der Waals surface area contributed by atoms with Crippen molar-refractivity contribution in [3.05, 3.63) is 22.2 Å². The molecule has 1 aliphatic heterocycles. The summed E-state index contributed by atoms with van der Waals surface area (Å²) in [6.45, 7) is 2.13. The average molecular weight is 286 g/mol. The van der Waals surface area contributed by atoms with Crippen LogP contribution in [0.2, 0.25) is 0 Å². The van der Waals surface area contributed by atoms with Gasteiger partial charge in [-0.2, -0.15) is 0 Å². The molecule has 1 aliphatic rings. The second kappa shape index (κ2) is 4.63. The van der Waals surface area contributed by atoms with Gasteiger partial charge in [-0.25, -0.2) is 0 Å². The zero-order chi connectivity index (χ0) is 11.7. The van der Waals surface area contributed by atoms with Crippen LogP contribution in [0.15, 0.2) is 16.6 Å². The molecule has 0 aromatic heterocycles. The molecule has 0 saturated carbocycles. The van der Waals surface area contributed by atoms with Crippen LogP contribution in [-0.4, -0.2) is 13.2 Å². The van der Waals surface area contributed by atoms with Crippen LogP contribution in [-0.2, 0) is 0 Å². The molecule has 0 bridgehead atoms. The molecule has 2 unspecified atom stereocenters. The van der Waals surface area contributed by atoms with Crippen LogP contribution < -0.4 is 15.2 Å². The SMILES string of the molecule is CCCC1Oc2c(Br)cc(OC)cc2C1N. The topological polar surface area (TPSA) is 44.5 Å². The lowest BCUT2D eigenvalue weighted by Gasteiger charge is -2.13. The Morgan fingerprint density at radius 3 is 2.88 bits per heavy atom. The molecule has 0 aliphatic carbocycles. The number of hydrogen-bond acceptors (Lipinski definition) is 3. The predicted molar refractivity (Wildman–Crippen MR) is 66.9 cm³/mol. The Morgan fingerprint density at radius 2 is 2.25 bits per heavy atom. The van der Waals surface area contributed by atoms with Gasteiger partial charge in [-0.1, -0.05) is 13.3 Å². The van der Waals surface area contributed by atoms with Gasteiger partial charge in [-0.15, -0.1) is 0 Å². The number of halogens is 1. The first kappa shape index (κ1) is 11.7. The Balaban J connectivity index is 2.35. The molecule has 2 N–H and O–H groups in total. The Bertz CT molecular complexity index is 395. The summed E-state index contributed by atoms with van der Waals surface area (Å²) >= 11 is 3.48. The number of ether oxygens (including phenoxy) is 2. The van der Waals surface area contributed by atoms with Crippen molar-refractivity contribution < 1.29 is 9.47 Å². The summed E-state index contributed by atoms with van der Waals surface area (Å²) in [6.07, 6.45) is 2.13. The number of fused-ring (bicyclic) bond motifs is 1. The quantitative estimate of drug-likeness (QED) is 0.929. The summed E-state index contributed by atoms with van der Waals surface area (Å²) in [5, 5.41) is 0. The summed E-state index contributed by atoms with van der Waals surface area (Å²) in [6, 6.07) is 3.81. The fourth-order valence-corrected chi connectivity index (χ4v) is 2.57. The number of benzene rings is 1. The van der Waals surface area contributed by atoms with E-state index in [2.05, 4.69) is 22.9 Å². The molecule has 0 amide bonds. The lowest BCUT2D eigenvalue weighted by atomic mass is 10.0. The van der Waals surface area contributed by atoms with E-state index >= 15 is 0 Å². The van der Waals surface area contributed by atoms with Crippen LogP contribution in [0, 0.1) is 0 Å². The predicted octanol–water partition coefficient (Wildman–Crippen LogP) is 3.02. The van der Waals surface area contributed by atoms with Gasteiger partial charge in [-0.3, -0.25) is 0 Å². The van der Waals surface area contributed by atoms with E-state index in [0.29, 0.717) is 0 Å². The molecule has 0 fully saturated rings. The van der Waals surface area contributed by atoms with Crippen LogP contribution in [0.4, 0.5) is 0 Å². The first-order valence-electron chi connectivity index (χ1n) is 5.47. The highest BCUT2D eigenvalue weighted by molar-refractivity contribution is 9.10. The summed E-state index contributed by atoms with van der Waals surface area (Å²) in [4.78, 5) is 0. The summed E-state index contributed by atoms with van der Waals surface area (Å²) in [7, 11) is 1.65. The van der Waals surface area contributed by atoms with Crippen LogP contribution in [0.25, 0.3) is 0 Å². The minimum Gasteiger partial charge on any atom is -0.497 e. The van der Waals surface area contributed by atoms with Gasteiger partial charge < -0.3 is 15.2 Å². The van der Waals surface area contributed by atoms with E-state index in [0.717, 1.165) is 34.4 Å². The minimum atomic E-state index is -0.0543. The van der Waals surface area contributed by atoms with Crippen molar-refractivity contribution in [3.8, 4) is 11.5 Å².